The van der Waals surface area contributed by atoms with Crippen LogP contribution in [-0.4, -0.2) is 33.4 Å². The van der Waals surface area contributed by atoms with E-state index in [2.05, 4.69) is 0 Å². The van der Waals surface area contributed by atoms with E-state index in [4.69, 9.17) is 4.98 Å². The third kappa shape index (κ3) is 3.15. The Labute approximate surface area is 154 Å². The van der Waals surface area contributed by atoms with E-state index in [-0.39, 0.29) is 11.5 Å². The van der Waals surface area contributed by atoms with Crippen molar-refractivity contribution in [1.82, 2.24) is 14.5 Å². The number of fused-ring (bicyclic) bond motifs is 2. The first-order chi connectivity index (χ1) is 12.6. The second-order valence-electron chi connectivity index (χ2n) is 7.74. The molecule has 138 valence electrons. The van der Waals surface area contributed by atoms with Crippen LogP contribution in [0.1, 0.15) is 67.5 Å². The minimum Gasteiger partial charge on any atom is -0.339 e. The van der Waals surface area contributed by atoms with Crippen LogP contribution in [0.3, 0.4) is 0 Å². The van der Waals surface area contributed by atoms with Crippen LogP contribution >= 0.6 is 0 Å². The Balaban J connectivity index is 1.68. The monoisotopic (exact) mass is 353 g/mol. The van der Waals surface area contributed by atoms with Crippen molar-refractivity contribution in [3.8, 4) is 0 Å². The first kappa shape index (κ1) is 17.3. The lowest BCUT2D eigenvalue weighted by atomic mass is 9.94. The zero-order valence-corrected chi connectivity index (χ0v) is 15.5. The van der Waals surface area contributed by atoms with Gasteiger partial charge in [0.05, 0.1) is 10.9 Å². The predicted molar refractivity (Wildman–Crippen MR) is 103 cm³/mol. The van der Waals surface area contributed by atoms with Gasteiger partial charge in [0.2, 0.25) is 0 Å². The lowest BCUT2D eigenvalue weighted by molar-refractivity contribution is 0.0696. The van der Waals surface area contributed by atoms with Crippen LogP contribution in [0.2, 0.25) is 0 Å². The molecule has 26 heavy (non-hydrogen) atoms. The molecular formula is C21H27N3O2. The molecule has 0 saturated heterocycles. The second-order valence-corrected chi connectivity index (χ2v) is 7.74. The molecule has 1 saturated carbocycles. The average molecular weight is 353 g/mol. The molecule has 1 aromatic carbocycles. The van der Waals surface area contributed by atoms with Gasteiger partial charge >= 0.3 is 0 Å². The molecule has 0 atom stereocenters. The van der Waals surface area contributed by atoms with Gasteiger partial charge in [-0.3, -0.25) is 14.2 Å². The number of rotatable bonds is 2. The molecule has 4 rings (SSSR count). The van der Waals surface area contributed by atoms with Gasteiger partial charge in [0.25, 0.3) is 11.5 Å². The van der Waals surface area contributed by atoms with E-state index >= 15 is 0 Å². The summed E-state index contributed by atoms with van der Waals surface area (Å²) in [5, 5.41) is 0.618. The van der Waals surface area contributed by atoms with E-state index in [1.807, 2.05) is 22.6 Å². The molecule has 0 N–H and O–H groups in total. The van der Waals surface area contributed by atoms with Gasteiger partial charge in [0, 0.05) is 31.6 Å². The van der Waals surface area contributed by atoms with Crippen molar-refractivity contribution in [1.29, 1.82) is 0 Å². The number of carbonyl (C=O) groups is 1. The molecule has 1 amide bonds. The van der Waals surface area contributed by atoms with Crippen LogP contribution in [0.5, 0.6) is 0 Å². The van der Waals surface area contributed by atoms with Crippen LogP contribution in [0.15, 0.2) is 23.0 Å². The molecule has 5 heteroatoms. The molecule has 0 radical (unpaired) electrons. The summed E-state index contributed by atoms with van der Waals surface area (Å²) in [4.78, 5) is 32.4. The number of amides is 1. The summed E-state index contributed by atoms with van der Waals surface area (Å²) in [6, 6.07) is 5.71. The van der Waals surface area contributed by atoms with E-state index in [1.54, 1.807) is 12.1 Å². The molecule has 5 nitrogen and oxygen atoms in total. The maximum atomic E-state index is 12.9. The third-order valence-electron chi connectivity index (χ3n) is 6.01. The minimum atomic E-state index is 0.0338. The topological polar surface area (TPSA) is 55.2 Å². The van der Waals surface area contributed by atoms with Crippen molar-refractivity contribution in [2.24, 2.45) is 0 Å². The molecule has 0 spiro atoms. The van der Waals surface area contributed by atoms with Gasteiger partial charge in [-0.15, -0.1) is 0 Å². The van der Waals surface area contributed by atoms with Crippen molar-refractivity contribution in [3.05, 3.63) is 39.9 Å². The van der Waals surface area contributed by atoms with Crippen LogP contribution < -0.4 is 5.56 Å². The molecule has 1 aliphatic heterocycles. The summed E-state index contributed by atoms with van der Waals surface area (Å²) in [5.41, 5.74) is 1.33. The van der Waals surface area contributed by atoms with Crippen LogP contribution in [0.25, 0.3) is 10.9 Å². The summed E-state index contributed by atoms with van der Waals surface area (Å²) >= 11 is 0. The fourth-order valence-corrected chi connectivity index (χ4v) is 4.39. The Morgan fingerprint density at radius 3 is 2.69 bits per heavy atom. The van der Waals surface area contributed by atoms with E-state index in [9.17, 15) is 9.59 Å². The van der Waals surface area contributed by atoms with E-state index in [1.165, 1.54) is 19.3 Å². The van der Waals surface area contributed by atoms with E-state index in [0.717, 1.165) is 50.9 Å². The maximum Gasteiger partial charge on any atom is 0.261 e. The normalized spacial score (nSPS) is 18.3. The van der Waals surface area contributed by atoms with Crippen LogP contribution in [0.4, 0.5) is 0 Å². The highest BCUT2D eigenvalue weighted by atomic mass is 16.2. The minimum absolute atomic E-state index is 0.0338. The molecule has 1 fully saturated rings. The number of benzene rings is 1. The van der Waals surface area contributed by atoms with E-state index in [0.29, 0.717) is 22.5 Å². The Kier molecular flexibility index (Phi) is 4.79. The van der Waals surface area contributed by atoms with Crippen LogP contribution in [0, 0.1) is 0 Å². The van der Waals surface area contributed by atoms with Crippen molar-refractivity contribution in [2.75, 3.05) is 7.05 Å². The quantitative estimate of drug-likeness (QED) is 0.830. The van der Waals surface area contributed by atoms with Crippen LogP contribution in [-0.2, 0) is 13.0 Å². The predicted octanol–water partition coefficient (Wildman–Crippen LogP) is 3.53. The number of hydrogen-bond acceptors (Lipinski definition) is 3. The highest BCUT2D eigenvalue weighted by Crippen LogP contribution is 2.24. The lowest BCUT2D eigenvalue weighted by Crippen LogP contribution is -2.38. The SMILES string of the molecule is CN(C(=O)c1ccc2c(=O)n3c(nc2c1)CCCCC3)C1CCCCC1. The Morgan fingerprint density at radius 2 is 1.88 bits per heavy atom. The maximum absolute atomic E-state index is 12.9. The number of hydrogen-bond donors (Lipinski definition) is 0. The highest BCUT2D eigenvalue weighted by Gasteiger charge is 2.23. The van der Waals surface area contributed by atoms with Crippen molar-refractivity contribution in [2.45, 2.75) is 70.4 Å². The number of aromatic nitrogens is 2. The summed E-state index contributed by atoms with van der Waals surface area (Å²) < 4.78 is 1.82. The standard InChI is InChI=1S/C21H27N3O2/c1-23(16-8-4-2-5-9-16)20(25)15-11-12-17-18(14-15)22-19-10-6-3-7-13-24(19)21(17)26/h11-12,14,16H,2-10,13H2,1H3. The zero-order valence-electron chi connectivity index (χ0n) is 15.5. The van der Waals surface area contributed by atoms with Crippen molar-refractivity contribution in [3.63, 3.8) is 0 Å². The summed E-state index contributed by atoms with van der Waals surface area (Å²) in [7, 11) is 1.90. The summed E-state index contributed by atoms with van der Waals surface area (Å²) in [5.74, 6) is 0.904. The van der Waals surface area contributed by atoms with Gasteiger partial charge in [0.15, 0.2) is 0 Å². The Hall–Kier alpha value is -2.17. The van der Waals surface area contributed by atoms with Crippen molar-refractivity contribution < 1.29 is 4.79 Å². The molecule has 0 unspecified atom stereocenters. The van der Waals surface area contributed by atoms with Gasteiger partial charge in [-0.05, 0) is 43.9 Å². The first-order valence-electron chi connectivity index (χ1n) is 9.96. The molecular weight excluding hydrogens is 326 g/mol. The first-order valence-corrected chi connectivity index (χ1v) is 9.96. The number of aryl methyl sites for hydroxylation is 1. The third-order valence-corrected chi connectivity index (χ3v) is 6.01. The Morgan fingerprint density at radius 1 is 1.12 bits per heavy atom. The molecule has 2 heterocycles. The molecule has 0 bridgehead atoms. The average Bonchev–Trinajstić information content (AvgIpc) is 2.93. The van der Waals surface area contributed by atoms with E-state index < -0.39 is 0 Å². The van der Waals surface area contributed by atoms with Gasteiger partial charge < -0.3 is 4.90 Å². The molecule has 1 aromatic heterocycles. The summed E-state index contributed by atoms with van der Waals surface area (Å²) in [6.45, 7) is 0.752. The van der Waals surface area contributed by atoms with Crippen molar-refractivity contribution >= 4 is 16.8 Å². The van der Waals surface area contributed by atoms with Gasteiger partial charge in [-0.25, -0.2) is 4.98 Å². The number of nitrogens with zero attached hydrogens (tertiary/aromatic N) is 3. The van der Waals surface area contributed by atoms with Gasteiger partial charge in [0.1, 0.15) is 5.82 Å². The lowest BCUT2D eigenvalue weighted by Gasteiger charge is -2.31. The fourth-order valence-electron chi connectivity index (χ4n) is 4.39. The molecule has 2 aromatic rings. The van der Waals surface area contributed by atoms with Gasteiger partial charge in [-0.2, -0.15) is 0 Å². The molecule has 2 aliphatic rings. The van der Waals surface area contributed by atoms with Gasteiger partial charge in [-0.1, -0.05) is 25.7 Å². The smallest absolute Gasteiger partial charge is 0.261 e. The Bertz CT molecular complexity index is 881. The number of carbonyl (C=O) groups excluding carboxylic acids is 1. The second kappa shape index (κ2) is 7.22. The summed E-state index contributed by atoms with van der Waals surface area (Å²) in [6.07, 6.45) is 9.92. The molecule has 1 aliphatic carbocycles. The zero-order chi connectivity index (χ0) is 18.1. The largest absolute Gasteiger partial charge is 0.339 e. The highest BCUT2D eigenvalue weighted by molar-refractivity contribution is 5.97. The fraction of sp³-hybridized carbons (Fsp3) is 0.571.